The van der Waals surface area contributed by atoms with Gasteiger partial charge in [-0.1, -0.05) is 29.8 Å². The molecule has 2 amide bonds. The first kappa shape index (κ1) is 21.8. The molecule has 31 heavy (non-hydrogen) atoms. The van der Waals surface area contributed by atoms with Crippen molar-refractivity contribution in [3.63, 3.8) is 0 Å². The second-order valence-electron chi connectivity index (χ2n) is 9.61. The number of likely N-dealkylation sites (tertiary alicyclic amines) is 1. The van der Waals surface area contributed by atoms with Gasteiger partial charge in [0.2, 0.25) is 0 Å². The van der Waals surface area contributed by atoms with Gasteiger partial charge in [0.05, 0.1) is 9.88 Å². The Balaban J connectivity index is 1.53. The standard InChI is InChI=1S/C24H31N3O3S/c1-15-7-5-8-17(13-15)20-19(26-21(31-20)16-10-11-16)22(28)27-12-6-9-18(14-27)25-23(29)30-24(2,3)4/h5,7-8,13,16,18H,6,9-12,14H2,1-4H3,(H,25,29)/t18-/m1/s1. The topological polar surface area (TPSA) is 71.5 Å². The van der Waals surface area contributed by atoms with Crippen molar-refractivity contribution in [2.45, 2.75) is 70.9 Å². The van der Waals surface area contributed by atoms with E-state index in [0.717, 1.165) is 46.7 Å². The molecule has 2 heterocycles. The van der Waals surface area contributed by atoms with E-state index in [2.05, 4.69) is 30.4 Å². The Morgan fingerprint density at radius 1 is 1.23 bits per heavy atom. The zero-order chi connectivity index (χ0) is 22.2. The Morgan fingerprint density at radius 3 is 2.68 bits per heavy atom. The SMILES string of the molecule is Cc1cccc(-c2sc(C3CC3)nc2C(=O)N2CCC[C@@H](NC(=O)OC(C)(C)C)C2)c1. The molecular weight excluding hydrogens is 410 g/mol. The van der Waals surface area contributed by atoms with Gasteiger partial charge in [0.15, 0.2) is 0 Å². The maximum absolute atomic E-state index is 13.5. The summed E-state index contributed by atoms with van der Waals surface area (Å²) in [6, 6.07) is 8.14. The average molecular weight is 442 g/mol. The fourth-order valence-corrected chi connectivity index (χ4v) is 5.09. The van der Waals surface area contributed by atoms with Crippen molar-refractivity contribution in [1.29, 1.82) is 0 Å². The highest BCUT2D eigenvalue weighted by Crippen LogP contribution is 2.45. The third-order valence-corrected chi connectivity index (χ3v) is 6.75. The van der Waals surface area contributed by atoms with Crippen LogP contribution in [0.15, 0.2) is 24.3 Å². The van der Waals surface area contributed by atoms with Crippen molar-refractivity contribution in [2.24, 2.45) is 0 Å². The van der Waals surface area contributed by atoms with E-state index in [4.69, 9.17) is 9.72 Å². The molecule has 2 aliphatic rings. The van der Waals surface area contributed by atoms with Gasteiger partial charge in [-0.25, -0.2) is 9.78 Å². The summed E-state index contributed by atoms with van der Waals surface area (Å²) in [6.07, 6.45) is 3.54. The third-order valence-electron chi connectivity index (χ3n) is 5.48. The highest BCUT2D eigenvalue weighted by Gasteiger charge is 2.33. The second kappa shape index (κ2) is 8.61. The number of ether oxygens (including phenoxy) is 1. The van der Waals surface area contributed by atoms with Crippen LogP contribution in [-0.2, 0) is 4.74 Å². The lowest BCUT2D eigenvalue weighted by molar-refractivity contribution is 0.0451. The number of aryl methyl sites for hydroxylation is 1. The number of hydrogen-bond donors (Lipinski definition) is 1. The van der Waals surface area contributed by atoms with Crippen LogP contribution in [0.5, 0.6) is 0 Å². The smallest absolute Gasteiger partial charge is 0.407 e. The molecule has 1 aliphatic heterocycles. The Bertz CT molecular complexity index is 975. The minimum absolute atomic E-state index is 0.0460. The first-order chi connectivity index (χ1) is 14.7. The second-order valence-corrected chi connectivity index (χ2v) is 10.6. The van der Waals surface area contributed by atoms with Gasteiger partial charge in [0.1, 0.15) is 11.3 Å². The molecule has 0 radical (unpaired) electrons. The fraction of sp³-hybridized carbons (Fsp3) is 0.542. The molecule has 1 saturated carbocycles. The normalized spacial score (nSPS) is 19.2. The van der Waals surface area contributed by atoms with Crippen LogP contribution in [0.25, 0.3) is 10.4 Å². The van der Waals surface area contributed by atoms with Gasteiger partial charge < -0.3 is 15.0 Å². The maximum atomic E-state index is 13.5. The minimum atomic E-state index is -0.545. The summed E-state index contributed by atoms with van der Waals surface area (Å²) in [5.41, 5.74) is 2.22. The Kier molecular flexibility index (Phi) is 6.06. The van der Waals surface area contributed by atoms with Crippen LogP contribution < -0.4 is 5.32 Å². The van der Waals surface area contributed by atoms with Crippen LogP contribution >= 0.6 is 11.3 Å². The maximum Gasteiger partial charge on any atom is 0.407 e. The summed E-state index contributed by atoms with van der Waals surface area (Å²) >= 11 is 1.65. The van der Waals surface area contributed by atoms with E-state index in [9.17, 15) is 9.59 Å². The van der Waals surface area contributed by atoms with Crippen LogP contribution in [0.2, 0.25) is 0 Å². The van der Waals surface area contributed by atoms with Crippen LogP contribution in [-0.4, -0.2) is 46.6 Å². The lowest BCUT2D eigenvalue weighted by Crippen LogP contribution is -2.50. The van der Waals surface area contributed by atoms with Crippen LogP contribution in [0.3, 0.4) is 0 Å². The van der Waals surface area contributed by atoms with Crippen molar-refractivity contribution >= 4 is 23.3 Å². The number of benzene rings is 1. The molecule has 4 rings (SSSR count). The molecule has 0 spiro atoms. The molecule has 1 aromatic heterocycles. The van der Waals surface area contributed by atoms with Gasteiger partial charge in [-0.05, 0) is 58.9 Å². The minimum Gasteiger partial charge on any atom is -0.444 e. The molecule has 2 aromatic rings. The zero-order valence-corrected chi connectivity index (χ0v) is 19.6. The molecule has 1 atom stereocenters. The van der Waals surface area contributed by atoms with E-state index in [-0.39, 0.29) is 11.9 Å². The van der Waals surface area contributed by atoms with Crippen molar-refractivity contribution < 1.29 is 14.3 Å². The van der Waals surface area contributed by atoms with E-state index < -0.39 is 11.7 Å². The van der Waals surface area contributed by atoms with Gasteiger partial charge in [0, 0.05) is 25.0 Å². The third kappa shape index (κ3) is 5.45. The summed E-state index contributed by atoms with van der Waals surface area (Å²) in [5, 5.41) is 4.00. The molecule has 2 fully saturated rings. The fourth-order valence-electron chi connectivity index (χ4n) is 3.87. The van der Waals surface area contributed by atoms with Crippen molar-refractivity contribution in [1.82, 2.24) is 15.2 Å². The Hall–Kier alpha value is -2.41. The van der Waals surface area contributed by atoms with E-state index in [1.165, 1.54) is 0 Å². The number of carbonyl (C=O) groups is 2. The van der Waals surface area contributed by atoms with E-state index in [1.54, 1.807) is 11.3 Å². The number of piperidine rings is 1. The number of nitrogens with one attached hydrogen (secondary N) is 1. The van der Waals surface area contributed by atoms with Crippen molar-refractivity contribution in [3.05, 3.63) is 40.5 Å². The lowest BCUT2D eigenvalue weighted by Gasteiger charge is -2.33. The Morgan fingerprint density at radius 2 is 2.00 bits per heavy atom. The molecule has 1 aliphatic carbocycles. The highest BCUT2D eigenvalue weighted by atomic mass is 32.1. The monoisotopic (exact) mass is 441 g/mol. The number of aromatic nitrogens is 1. The number of alkyl carbamates (subject to hydrolysis) is 1. The van der Waals surface area contributed by atoms with Crippen LogP contribution in [0, 0.1) is 6.92 Å². The Labute approximate surface area is 188 Å². The molecule has 0 unspecified atom stereocenters. The van der Waals surface area contributed by atoms with Gasteiger partial charge in [0.25, 0.3) is 5.91 Å². The summed E-state index contributed by atoms with van der Waals surface area (Å²) in [7, 11) is 0. The molecule has 166 valence electrons. The van der Waals surface area contributed by atoms with Crippen LogP contribution in [0.1, 0.15) is 73.4 Å². The van der Waals surface area contributed by atoms with Crippen LogP contribution in [0.4, 0.5) is 4.79 Å². The molecule has 0 bridgehead atoms. The first-order valence-corrected chi connectivity index (χ1v) is 11.9. The summed E-state index contributed by atoms with van der Waals surface area (Å²) in [5.74, 6) is 0.452. The number of nitrogens with zero attached hydrogens (tertiary/aromatic N) is 2. The van der Waals surface area contributed by atoms with Gasteiger partial charge in [-0.15, -0.1) is 11.3 Å². The molecule has 7 heteroatoms. The molecule has 6 nitrogen and oxygen atoms in total. The zero-order valence-electron chi connectivity index (χ0n) is 18.7. The molecule has 1 aromatic carbocycles. The van der Waals surface area contributed by atoms with E-state index in [0.29, 0.717) is 24.7 Å². The number of thiazole rings is 1. The predicted octanol–water partition coefficient (Wildman–Crippen LogP) is 5.13. The number of hydrogen-bond acceptors (Lipinski definition) is 5. The number of carbonyl (C=O) groups excluding carboxylic acids is 2. The van der Waals surface area contributed by atoms with E-state index in [1.807, 2.05) is 31.7 Å². The van der Waals surface area contributed by atoms with Gasteiger partial charge in [-0.2, -0.15) is 0 Å². The number of amides is 2. The molecular formula is C24H31N3O3S. The molecule has 1 saturated heterocycles. The summed E-state index contributed by atoms with van der Waals surface area (Å²) < 4.78 is 5.38. The first-order valence-electron chi connectivity index (χ1n) is 11.1. The summed E-state index contributed by atoms with van der Waals surface area (Å²) in [4.78, 5) is 33.3. The van der Waals surface area contributed by atoms with E-state index >= 15 is 0 Å². The summed E-state index contributed by atoms with van der Waals surface area (Å²) in [6.45, 7) is 8.74. The number of rotatable bonds is 4. The lowest BCUT2D eigenvalue weighted by atomic mass is 10.0. The van der Waals surface area contributed by atoms with Gasteiger partial charge >= 0.3 is 6.09 Å². The largest absolute Gasteiger partial charge is 0.444 e. The molecule has 1 N–H and O–H groups in total. The predicted molar refractivity (Wildman–Crippen MR) is 123 cm³/mol. The van der Waals surface area contributed by atoms with Crippen molar-refractivity contribution in [2.75, 3.05) is 13.1 Å². The van der Waals surface area contributed by atoms with Crippen molar-refractivity contribution in [3.8, 4) is 10.4 Å². The highest BCUT2D eigenvalue weighted by molar-refractivity contribution is 7.15. The van der Waals surface area contributed by atoms with Gasteiger partial charge in [-0.3, -0.25) is 4.79 Å². The quantitative estimate of drug-likeness (QED) is 0.714. The average Bonchev–Trinajstić information content (AvgIpc) is 3.44.